The number of ether oxygens (including phenoxy) is 2. The van der Waals surface area contributed by atoms with E-state index in [0.717, 1.165) is 11.1 Å². The third kappa shape index (κ3) is 2.32. The summed E-state index contributed by atoms with van der Waals surface area (Å²) >= 11 is 0. The number of fused-ring (bicyclic) bond motifs is 1. The molecule has 0 aromatic heterocycles. The lowest BCUT2D eigenvalue weighted by atomic mass is 10.1. The van der Waals surface area contributed by atoms with Crippen molar-refractivity contribution in [1.29, 1.82) is 0 Å². The minimum Gasteiger partial charge on any atom is -0.454 e. The van der Waals surface area contributed by atoms with Crippen molar-refractivity contribution in [3.8, 4) is 11.5 Å². The molecule has 102 valence electrons. The van der Waals surface area contributed by atoms with Gasteiger partial charge in [0.2, 0.25) is 6.79 Å². The SMILES string of the molecule is Cc1ccc(C(=O)Nc2ccc3c(c2)OCO3)c(C)c1. The molecular formula is C16H15NO3. The van der Waals surface area contributed by atoms with Gasteiger partial charge in [-0.1, -0.05) is 17.7 Å². The van der Waals surface area contributed by atoms with E-state index in [1.165, 1.54) is 0 Å². The van der Waals surface area contributed by atoms with Crippen LogP contribution in [0.1, 0.15) is 21.5 Å². The monoisotopic (exact) mass is 269 g/mol. The lowest BCUT2D eigenvalue weighted by Gasteiger charge is -2.09. The quantitative estimate of drug-likeness (QED) is 0.910. The standard InChI is InChI=1S/C16H15NO3/c1-10-3-5-13(11(2)7-10)16(18)17-12-4-6-14-15(8-12)20-9-19-14/h3-8H,9H2,1-2H3,(H,17,18). The first-order chi connectivity index (χ1) is 9.63. The first-order valence-electron chi connectivity index (χ1n) is 6.42. The van der Waals surface area contributed by atoms with Gasteiger partial charge in [-0.25, -0.2) is 0 Å². The third-order valence-corrected chi connectivity index (χ3v) is 3.26. The molecule has 1 N–H and O–H groups in total. The van der Waals surface area contributed by atoms with Crippen molar-refractivity contribution in [2.24, 2.45) is 0 Å². The fourth-order valence-electron chi connectivity index (χ4n) is 2.24. The van der Waals surface area contributed by atoms with Crippen LogP contribution in [0.25, 0.3) is 0 Å². The zero-order valence-electron chi connectivity index (χ0n) is 11.4. The maximum absolute atomic E-state index is 12.3. The highest BCUT2D eigenvalue weighted by molar-refractivity contribution is 6.05. The van der Waals surface area contributed by atoms with Crippen LogP contribution in [0, 0.1) is 13.8 Å². The van der Waals surface area contributed by atoms with E-state index in [0.29, 0.717) is 22.7 Å². The van der Waals surface area contributed by atoms with Gasteiger partial charge in [0.05, 0.1) is 0 Å². The second-order valence-corrected chi connectivity index (χ2v) is 4.84. The van der Waals surface area contributed by atoms with Crippen molar-refractivity contribution in [3.63, 3.8) is 0 Å². The number of rotatable bonds is 2. The zero-order valence-corrected chi connectivity index (χ0v) is 11.4. The summed E-state index contributed by atoms with van der Waals surface area (Å²) in [7, 11) is 0. The molecule has 4 heteroatoms. The highest BCUT2D eigenvalue weighted by Crippen LogP contribution is 2.34. The molecule has 0 spiro atoms. The number of carbonyl (C=O) groups excluding carboxylic acids is 1. The smallest absolute Gasteiger partial charge is 0.255 e. The molecule has 4 nitrogen and oxygen atoms in total. The Morgan fingerprint density at radius 1 is 1.05 bits per heavy atom. The summed E-state index contributed by atoms with van der Waals surface area (Å²) in [6, 6.07) is 11.1. The van der Waals surface area contributed by atoms with Gasteiger partial charge in [-0.05, 0) is 37.6 Å². The molecule has 1 aliphatic heterocycles. The lowest BCUT2D eigenvalue weighted by Crippen LogP contribution is -2.13. The maximum atomic E-state index is 12.3. The van der Waals surface area contributed by atoms with Crippen molar-refractivity contribution in [1.82, 2.24) is 0 Å². The van der Waals surface area contributed by atoms with Gasteiger partial charge in [0, 0.05) is 17.3 Å². The van der Waals surface area contributed by atoms with Crippen LogP contribution < -0.4 is 14.8 Å². The van der Waals surface area contributed by atoms with Gasteiger partial charge in [0.1, 0.15) is 0 Å². The molecule has 0 saturated heterocycles. The second kappa shape index (κ2) is 4.89. The van der Waals surface area contributed by atoms with Crippen molar-refractivity contribution in [2.45, 2.75) is 13.8 Å². The summed E-state index contributed by atoms with van der Waals surface area (Å²) in [4.78, 5) is 12.3. The molecule has 1 amide bonds. The van der Waals surface area contributed by atoms with Crippen molar-refractivity contribution in [3.05, 3.63) is 53.1 Å². The molecule has 0 unspecified atom stereocenters. The predicted molar refractivity (Wildman–Crippen MR) is 76.4 cm³/mol. The Morgan fingerprint density at radius 3 is 2.65 bits per heavy atom. The van der Waals surface area contributed by atoms with E-state index in [4.69, 9.17) is 9.47 Å². The van der Waals surface area contributed by atoms with Crippen LogP contribution in [0.15, 0.2) is 36.4 Å². The molecule has 0 bridgehead atoms. The Balaban J connectivity index is 1.82. The second-order valence-electron chi connectivity index (χ2n) is 4.84. The first-order valence-corrected chi connectivity index (χ1v) is 6.42. The Hall–Kier alpha value is -2.49. The number of hydrogen-bond donors (Lipinski definition) is 1. The normalized spacial score (nSPS) is 12.3. The van der Waals surface area contributed by atoms with Gasteiger partial charge >= 0.3 is 0 Å². The Morgan fingerprint density at radius 2 is 1.85 bits per heavy atom. The van der Waals surface area contributed by atoms with E-state index >= 15 is 0 Å². The van der Waals surface area contributed by atoms with Crippen molar-refractivity contribution in [2.75, 3.05) is 12.1 Å². The van der Waals surface area contributed by atoms with Crippen LogP contribution in [0.5, 0.6) is 11.5 Å². The maximum Gasteiger partial charge on any atom is 0.255 e. The van der Waals surface area contributed by atoms with Crippen molar-refractivity contribution >= 4 is 11.6 Å². The highest BCUT2D eigenvalue weighted by atomic mass is 16.7. The van der Waals surface area contributed by atoms with Crippen LogP contribution >= 0.6 is 0 Å². The number of amides is 1. The Labute approximate surface area is 117 Å². The lowest BCUT2D eigenvalue weighted by molar-refractivity contribution is 0.102. The fourth-order valence-corrected chi connectivity index (χ4v) is 2.24. The minimum absolute atomic E-state index is 0.124. The van der Waals surface area contributed by atoms with Gasteiger partial charge < -0.3 is 14.8 Å². The van der Waals surface area contributed by atoms with E-state index in [1.54, 1.807) is 18.2 Å². The third-order valence-electron chi connectivity index (χ3n) is 3.26. The summed E-state index contributed by atoms with van der Waals surface area (Å²) in [5, 5.41) is 2.87. The first kappa shape index (κ1) is 12.5. The minimum atomic E-state index is -0.124. The van der Waals surface area contributed by atoms with Gasteiger partial charge in [-0.15, -0.1) is 0 Å². The van der Waals surface area contributed by atoms with Gasteiger partial charge in [0.25, 0.3) is 5.91 Å². The number of aryl methyl sites for hydroxylation is 2. The summed E-state index contributed by atoms with van der Waals surface area (Å²) in [5.41, 5.74) is 3.47. The zero-order chi connectivity index (χ0) is 14.1. The van der Waals surface area contributed by atoms with Crippen LogP contribution in [-0.2, 0) is 0 Å². The van der Waals surface area contributed by atoms with E-state index in [9.17, 15) is 4.79 Å². The van der Waals surface area contributed by atoms with Gasteiger partial charge in [0.15, 0.2) is 11.5 Å². The molecule has 0 saturated carbocycles. The van der Waals surface area contributed by atoms with Crippen LogP contribution in [0.2, 0.25) is 0 Å². The van der Waals surface area contributed by atoms with E-state index in [-0.39, 0.29) is 12.7 Å². The fraction of sp³-hybridized carbons (Fsp3) is 0.188. The Bertz CT molecular complexity index is 679. The van der Waals surface area contributed by atoms with E-state index in [1.807, 2.05) is 32.0 Å². The number of hydrogen-bond acceptors (Lipinski definition) is 3. The molecular weight excluding hydrogens is 254 g/mol. The summed E-state index contributed by atoms with van der Waals surface area (Å²) < 4.78 is 10.5. The molecule has 0 radical (unpaired) electrons. The number of benzene rings is 2. The van der Waals surface area contributed by atoms with E-state index in [2.05, 4.69) is 5.32 Å². The predicted octanol–water partition coefficient (Wildman–Crippen LogP) is 3.28. The molecule has 2 aromatic rings. The molecule has 0 fully saturated rings. The van der Waals surface area contributed by atoms with Gasteiger partial charge in [-0.3, -0.25) is 4.79 Å². The van der Waals surface area contributed by atoms with Gasteiger partial charge in [-0.2, -0.15) is 0 Å². The van der Waals surface area contributed by atoms with Crippen LogP contribution in [0.4, 0.5) is 5.69 Å². The number of carbonyl (C=O) groups is 1. The highest BCUT2D eigenvalue weighted by Gasteiger charge is 2.15. The molecule has 0 aliphatic carbocycles. The molecule has 3 rings (SSSR count). The number of nitrogens with one attached hydrogen (secondary N) is 1. The largest absolute Gasteiger partial charge is 0.454 e. The Kier molecular flexibility index (Phi) is 3.06. The summed E-state index contributed by atoms with van der Waals surface area (Å²) in [6.45, 7) is 4.16. The topological polar surface area (TPSA) is 47.6 Å². The molecule has 1 aliphatic rings. The number of anilines is 1. The van der Waals surface area contributed by atoms with Crippen LogP contribution in [-0.4, -0.2) is 12.7 Å². The van der Waals surface area contributed by atoms with Crippen LogP contribution in [0.3, 0.4) is 0 Å². The van der Waals surface area contributed by atoms with E-state index < -0.39 is 0 Å². The average Bonchev–Trinajstić information content (AvgIpc) is 2.85. The summed E-state index contributed by atoms with van der Waals surface area (Å²) in [6.07, 6.45) is 0. The van der Waals surface area contributed by atoms with Crippen molar-refractivity contribution < 1.29 is 14.3 Å². The molecule has 20 heavy (non-hydrogen) atoms. The molecule has 2 aromatic carbocycles. The molecule has 0 atom stereocenters. The molecule has 1 heterocycles. The summed E-state index contributed by atoms with van der Waals surface area (Å²) in [5.74, 6) is 1.24. The average molecular weight is 269 g/mol.